The lowest BCUT2D eigenvalue weighted by Gasteiger charge is -2.25. The molecule has 5 heteroatoms. The predicted octanol–water partition coefficient (Wildman–Crippen LogP) is 4.18. The largest absolute Gasteiger partial charge is 0.378 e. The van der Waals surface area contributed by atoms with Gasteiger partial charge in [0.2, 0.25) is 5.91 Å². The zero-order chi connectivity index (χ0) is 16.4. The number of hydrogen-bond donors (Lipinski definition) is 0. The molecule has 1 fully saturated rings. The number of nitrogens with zero attached hydrogens (tertiary/aromatic N) is 2. The molecule has 2 aromatic carbocycles. The van der Waals surface area contributed by atoms with Gasteiger partial charge in [0.15, 0.2) is 0 Å². The number of anilines is 1. The molecule has 0 saturated carbocycles. The van der Waals surface area contributed by atoms with Gasteiger partial charge >= 0.3 is 0 Å². The lowest BCUT2D eigenvalue weighted by molar-refractivity contribution is -0.128. The average Bonchev–Trinajstić information content (AvgIpc) is 2.89. The van der Waals surface area contributed by atoms with Crippen LogP contribution in [0, 0.1) is 0 Å². The van der Waals surface area contributed by atoms with E-state index in [2.05, 4.69) is 29.2 Å². The van der Waals surface area contributed by atoms with Crippen LogP contribution in [0.25, 0.3) is 0 Å². The molecule has 120 valence electrons. The highest BCUT2D eigenvalue weighted by molar-refractivity contribution is 8.00. The first kappa shape index (κ1) is 16.2. The zero-order valence-corrected chi connectivity index (χ0v) is 14.8. The number of hydrogen-bond acceptors (Lipinski definition) is 3. The molecule has 3 nitrogen and oxygen atoms in total. The van der Waals surface area contributed by atoms with Crippen LogP contribution in [0.3, 0.4) is 0 Å². The van der Waals surface area contributed by atoms with E-state index < -0.39 is 0 Å². The minimum absolute atomic E-state index is 0.0368. The number of benzene rings is 2. The molecule has 1 heterocycles. The van der Waals surface area contributed by atoms with Gasteiger partial charge in [-0.3, -0.25) is 4.79 Å². The van der Waals surface area contributed by atoms with Gasteiger partial charge in [-0.15, -0.1) is 11.8 Å². The van der Waals surface area contributed by atoms with Gasteiger partial charge in [-0.25, -0.2) is 0 Å². The summed E-state index contributed by atoms with van der Waals surface area (Å²) in [4.78, 5) is 16.3. The Morgan fingerprint density at radius 1 is 1.22 bits per heavy atom. The lowest BCUT2D eigenvalue weighted by Crippen LogP contribution is -2.27. The van der Waals surface area contributed by atoms with E-state index in [0.29, 0.717) is 17.3 Å². The van der Waals surface area contributed by atoms with Gasteiger partial charge in [0.25, 0.3) is 0 Å². The minimum Gasteiger partial charge on any atom is -0.378 e. The van der Waals surface area contributed by atoms with Gasteiger partial charge < -0.3 is 9.80 Å². The standard InChI is InChI=1S/C18H19ClN2OS/c1-20(2)16-8-6-13(7-9-16)11-21-17(22)12-23-18(21)14-4-3-5-15(19)10-14/h3-10,18H,11-12H2,1-2H3. The molecule has 0 aliphatic carbocycles. The van der Waals surface area contributed by atoms with Crippen LogP contribution in [0.4, 0.5) is 5.69 Å². The Kier molecular flexibility index (Phi) is 4.83. The van der Waals surface area contributed by atoms with E-state index in [9.17, 15) is 4.79 Å². The monoisotopic (exact) mass is 346 g/mol. The third-order valence-electron chi connectivity index (χ3n) is 3.91. The summed E-state index contributed by atoms with van der Waals surface area (Å²) in [5, 5.41) is 0.743. The Bertz CT molecular complexity index is 702. The summed E-state index contributed by atoms with van der Waals surface area (Å²) >= 11 is 7.75. The summed E-state index contributed by atoms with van der Waals surface area (Å²) in [6, 6.07) is 16.1. The molecule has 1 amide bonds. The Morgan fingerprint density at radius 3 is 2.61 bits per heavy atom. The highest BCUT2D eigenvalue weighted by Gasteiger charge is 2.32. The van der Waals surface area contributed by atoms with Crippen molar-refractivity contribution in [2.75, 3.05) is 24.7 Å². The second kappa shape index (κ2) is 6.85. The van der Waals surface area contributed by atoms with Crippen molar-refractivity contribution in [1.82, 2.24) is 4.90 Å². The fourth-order valence-electron chi connectivity index (χ4n) is 2.66. The van der Waals surface area contributed by atoms with Gasteiger partial charge in [0.1, 0.15) is 5.37 Å². The maximum atomic E-state index is 12.3. The van der Waals surface area contributed by atoms with Crippen LogP contribution >= 0.6 is 23.4 Å². The van der Waals surface area contributed by atoms with Crippen molar-refractivity contribution in [3.8, 4) is 0 Å². The van der Waals surface area contributed by atoms with Crippen LogP contribution in [-0.4, -0.2) is 30.7 Å². The number of amides is 1. The topological polar surface area (TPSA) is 23.6 Å². The van der Waals surface area contributed by atoms with Crippen molar-refractivity contribution in [2.24, 2.45) is 0 Å². The van der Waals surface area contributed by atoms with Crippen LogP contribution in [0.15, 0.2) is 48.5 Å². The maximum absolute atomic E-state index is 12.3. The van der Waals surface area contributed by atoms with Crippen molar-refractivity contribution in [3.05, 3.63) is 64.7 Å². The van der Waals surface area contributed by atoms with E-state index in [0.717, 1.165) is 16.8 Å². The van der Waals surface area contributed by atoms with Crippen LogP contribution in [0.2, 0.25) is 5.02 Å². The molecule has 1 saturated heterocycles. The zero-order valence-electron chi connectivity index (χ0n) is 13.2. The van der Waals surface area contributed by atoms with Crippen molar-refractivity contribution < 1.29 is 4.79 Å². The molecule has 2 aromatic rings. The molecular formula is C18H19ClN2OS. The molecule has 0 spiro atoms. The second-order valence-corrected chi connectivity index (χ2v) is 7.31. The van der Waals surface area contributed by atoms with Crippen LogP contribution in [-0.2, 0) is 11.3 Å². The molecule has 0 bridgehead atoms. The summed E-state index contributed by atoms with van der Waals surface area (Å²) in [7, 11) is 4.04. The summed E-state index contributed by atoms with van der Waals surface area (Å²) < 4.78 is 0. The molecule has 1 aliphatic heterocycles. The first-order valence-corrected chi connectivity index (χ1v) is 8.90. The van der Waals surface area contributed by atoms with Gasteiger partial charge in [0.05, 0.1) is 5.75 Å². The van der Waals surface area contributed by atoms with E-state index in [-0.39, 0.29) is 11.3 Å². The number of rotatable bonds is 4. The molecule has 0 N–H and O–H groups in total. The molecule has 3 rings (SSSR count). The van der Waals surface area contributed by atoms with Crippen molar-refractivity contribution >= 4 is 35.0 Å². The van der Waals surface area contributed by atoms with E-state index in [1.165, 1.54) is 0 Å². The lowest BCUT2D eigenvalue weighted by atomic mass is 10.1. The van der Waals surface area contributed by atoms with Crippen LogP contribution < -0.4 is 4.90 Å². The highest BCUT2D eigenvalue weighted by atomic mass is 35.5. The van der Waals surface area contributed by atoms with Gasteiger partial charge in [0, 0.05) is 31.4 Å². The number of thioether (sulfide) groups is 1. The number of carbonyl (C=O) groups excluding carboxylic acids is 1. The smallest absolute Gasteiger partial charge is 0.234 e. The third kappa shape index (κ3) is 3.65. The summed E-state index contributed by atoms with van der Waals surface area (Å²) in [6.45, 7) is 0.622. The summed E-state index contributed by atoms with van der Waals surface area (Å²) in [5.41, 5.74) is 3.37. The van der Waals surface area contributed by atoms with Gasteiger partial charge in [-0.1, -0.05) is 35.9 Å². The highest BCUT2D eigenvalue weighted by Crippen LogP contribution is 2.40. The minimum atomic E-state index is 0.0368. The SMILES string of the molecule is CN(C)c1ccc(CN2C(=O)CSC2c2cccc(Cl)c2)cc1. The molecule has 0 aromatic heterocycles. The Balaban J connectivity index is 1.80. The normalized spacial score (nSPS) is 17.6. The van der Waals surface area contributed by atoms with Crippen molar-refractivity contribution in [2.45, 2.75) is 11.9 Å². The van der Waals surface area contributed by atoms with E-state index in [1.54, 1.807) is 11.8 Å². The first-order chi connectivity index (χ1) is 11.0. The maximum Gasteiger partial charge on any atom is 0.234 e. The molecule has 1 aliphatic rings. The quantitative estimate of drug-likeness (QED) is 0.829. The van der Waals surface area contributed by atoms with Gasteiger partial charge in [-0.05, 0) is 35.4 Å². The average molecular weight is 347 g/mol. The van der Waals surface area contributed by atoms with Crippen molar-refractivity contribution in [3.63, 3.8) is 0 Å². The third-order valence-corrected chi connectivity index (χ3v) is 5.40. The number of halogens is 1. The number of carbonyl (C=O) groups is 1. The summed E-state index contributed by atoms with van der Waals surface area (Å²) in [6.07, 6.45) is 0. The van der Waals surface area contributed by atoms with Gasteiger partial charge in [-0.2, -0.15) is 0 Å². The Morgan fingerprint density at radius 2 is 1.96 bits per heavy atom. The van der Waals surface area contributed by atoms with Crippen LogP contribution in [0.1, 0.15) is 16.5 Å². The molecule has 0 radical (unpaired) electrons. The molecule has 1 atom stereocenters. The molecular weight excluding hydrogens is 328 g/mol. The van der Waals surface area contributed by atoms with E-state index in [4.69, 9.17) is 11.6 Å². The predicted molar refractivity (Wildman–Crippen MR) is 98.0 cm³/mol. The first-order valence-electron chi connectivity index (χ1n) is 7.47. The second-order valence-electron chi connectivity index (χ2n) is 5.80. The Labute approximate surface area is 146 Å². The van der Waals surface area contributed by atoms with Crippen LogP contribution in [0.5, 0.6) is 0 Å². The van der Waals surface area contributed by atoms with E-state index in [1.807, 2.05) is 43.3 Å². The summed E-state index contributed by atoms with van der Waals surface area (Å²) in [5.74, 6) is 0.698. The molecule has 1 unspecified atom stereocenters. The van der Waals surface area contributed by atoms with E-state index >= 15 is 0 Å². The fraction of sp³-hybridized carbons (Fsp3) is 0.278. The fourth-order valence-corrected chi connectivity index (χ4v) is 4.03. The van der Waals surface area contributed by atoms with Crippen molar-refractivity contribution in [1.29, 1.82) is 0 Å². The Hall–Kier alpha value is -1.65. The molecule has 23 heavy (non-hydrogen) atoms.